The predicted octanol–water partition coefficient (Wildman–Crippen LogP) is 0.763. The van der Waals surface area contributed by atoms with Crippen LogP contribution >= 0.6 is 0 Å². The SMILES string of the molecule is CCS(=O)(=O)N1CCN(S(=O)(=O)c2ccc(S(=O)(=O)N3CCC[C@H](C)C3)cc2)CC1. The molecule has 0 aliphatic carbocycles. The van der Waals surface area contributed by atoms with Crippen LogP contribution in [0.4, 0.5) is 0 Å². The zero-order valence-corrected chi connectivity index (χ0v) is 19.7. The van der Waals surface area contributed by atoms with Gasteiger partial charge in [-0.1, -0.05) is 6.92 Å². The molecule has 0 unspecified atom stereocenters. The van der Waals surface area contributed by atoms with Crippen LogP contribution in [-0.4, -0.2) is 83.2 Å². The summed E-state index contributed by atoms with van der Waals surface area (Å²) in [6.45, 7) is 4.84. The van der Waals surface area contributed by atoms with Crippen LogP contribution in [-0.2, 0) is 30.1 Å². The van der Waals surface area contributed by atoms with Crippen molar-refractivity contribution in [2.24, 2.45) is 5.92 Å². The fourth-order valence-corrected chi connectivity index (χ4v) is 7.92. The van der Waals surface area contributed by atoms with Crippen molar-refractivity contribution in [3.05, 3.63) is 24.3 Å². The monoisotopic (exact) mass is 479 g/mol. The Kier molecular flexibility index (Phi) is 6.95. The van der Waals surface area contributed by atoms with Crippen molar-refractivity contribution < 1.29 is 25.3 Å². The lowest BCUT2D eigenvalue weighted by atomic mass is 10.0. The largest absolute Gasteiger partial charge is 0.243 e. The zero-order valence-electron chi connectivity index (χ0n) is 17.3. The Balaban J connectivity index is 1.74. The first-order valence-electron chi connectivity index (χ1n) is 10.1. The van der Waals surface area contributed by atoms with E-state index in [1.807, 2.05) is 6.92 Å². The number of nitrogens with zero attached hydrogens (tertiary/aromatic N) is 3. The maximum Gasteiger partial charge on any atom is 0.243 e. The molecule has 12 heteroatoms. The van der Waals surface area contributed by atoms with Crippen molar-refractivity contribution in [1.82, 2.24) is 12.9 Å². The summed E-state index contributed by atoms with van der Waals surface area (Å²) in [5, 5.41) is 0. The van der Waals surface area contributed by atoms with Crippen LogP contribution in [0.15, 0.2) is 34.1 Å². The van der Waals surface area contributed by atoms with Crippen LogP contribution in [0.25, 0.3) is 0 Å². The van der Waals surface area contributed by atoms with Gasteiger partial charge in [0.25, 0.3) is 0 Å². The van der Waals surface area contributed by atoms with Gasteiger partial charge in [-0.15, -0.1) is 0 Å². The van der Waals surface area contributed by atoms with Gasteiger partial charge in [0, 0.05) is 39.3 Å². The van der Waals surface area contributed by atoms with Crippen molar-refractivity contribution in [3.8, 4) is 0 Å². The average molecular weight is 480 g/mol. The lowest BCUT2D eigenvalue weighted by Crippen LogP contribution is -2.50. The van der Waals surface area contributed by atoms with Crippen LogP contribution in [0, 0.1) is 5.92 Å². The molecule has 1 aromatic carbocycles. The van der Waals surface area contributed by atoms with Gasteiger partial charge in [0.1, 0.15) is 0 Å². The topological polar surface area (TPSA) is 112 Å². The van der Waals surface area contributed by atoms with Gasteiger partial charge in [-0.3, -0.25) is 0 Å². The van der Waals surface area contributed by atoms with Gasteiger partial charge in [0.15, 0.2) is 0 Å². The summed E-state index contributed by atoms with van der Waals surface area (Å²) >= 11 is 0. The predicted molar refractivity (Wildman–Crippen MR) is 113 cm³/mol. The van der Waals surface area contributed by atoms with Gasteiger partial charge < -0.3 is 0 Å². The molecule has 2 saturated heterocycles. The molecule has 2 fully saturated rings. The molecule has 0 N–H and O–H groups in total. The molecule has 2 aliphatic rings. The number of hydrogen-bond donors (Lipinski definition) is 0. The summed E-state index contributed by atoms with van der Waals surface area (Å²) in [5.41, 5.74) is 0. The number of piperazine rings is 1. The van der Waals surface area contributed by atoms with Crippen LogP contribution in [0.1, 0.15) is 26.7 Å². The molecule has 0 bridgehead atoms. The second-order valence-corrected chi connectivity index (χ2v) is 13.9. The normalized spacial score (nSPS) is 23.5. The summed E-state index contributed by atoms with van der Waals surface area (Å²) in [5.74, 6) is 0.272. The molecule has 0 aromatic heterocycles. The Hall–Kier alpha value is -1.05. The van der Waals surface area contributed by atoms with Gasteiger partial charge >= 0.3 is 0 Å². The van der Waals surface area contributed by atoms with Crippen LogP contribution < -0.4 is 0 Å². The highest BCUT2D eigenvalue weighted by Crippen LogP contribution is 2.25. The fraction of sp³-hybridized carbons (Fsp3) is 0.667. The summed E-state index contributed by atoms with van der Waals surface area (Å²) < 4.78 is 79.5. The molecule has 2 aliphatic heterocycles. The summed E-state index contributed by atoms with van der Waals surface area (Å²) in [6, 6.07) is 5.29. The number of piperidine rings is 1. The van der Waals surface area contributed by atoms with E-state index in [4.69, 9.17) is 0 Å². The smallest absolute Gasteiger partial charge is 0.212 e. The van der Waals surface area contributed by atoms with Gasteiger partial charge in [-0.05, 0) is 49.9 Å². The highest BCUT2D eigenvalue weighted by molar-refractivity contribution is 7.90. The maximum atomic E-state index is 12.9. The molecule has 0 amide bonds. The minimum absolute atomic E-state index is 0.000242. The van der Waals surface area contributed by atoms with Crippen molar-refractivity contribution in [2.45, 2.75) is 36.5 Å². The summed E-state index contributed by atoms with van der Waals surface area (Å²) in [4.78, 5) is 0.0784. The van der Waals surface area contributed by atoms with Crippen LogP contribution in [0.5, 0.6) is 0 Å². The number of sulfonamides is 3. The summed E-state index contributed by atoms with van der Waals surface area (Å²) in [7, 11) is -10.8. The van der Waals surface area contributed by atoms with Crippen LogP contribution in [0.3, 0.4) is 0 Å². The quantitative estimate of drug-likeness (QED) is 0.596. The van der Waals surface area contributed by atoms with E-state index in [2.05, 4.69) is 0 Å². The van der Waals surface area contributed by atoms with E-state index in [1.165, 1.54) is 37.2 Å². The van der Waals surface area contributed by atoms with E-state index in [1.54, 1.807) is 6.92 Å². The molecule has 30 heavy (non-hydrogen) atoms. The molecular weight excluding hydrogens is 450 g/mol. The van der Waals surface area contributed by atoms with E-state index < -0.39 is 30.1 Å². The molecular formula is C18H29N3O6S3. The third-order valence-electron chi connectivity index (χ3n) is 5.67. The number of hydrogen-bond acceptors (Lipinski definition) is 6. The highest BCUT2D eigenvalue weighted by atomic mass is 32.2. The first kappa shape index (κ1) is 23.6. The van der Waals surface area contributed by atoms with Gasteiger partial charge in [0.05, 0.1) is 15.5 Å². The first-order chi connectivity index (χ1) is 14.0. The average Bonchev–Trinajstić information content (AvgIpc) is 2.74. The molecule has 0 saturated carbocycles. The minimum atomic E-state index is -3.83. The van der Waals surface area contributed by atoms with Crippen molar-refractivity contribution in [2.75, 3.05) is 45.0 Å². The lowest BCUT2D eigenvalue weighted by molar-refractivity contribution is 0.273. The third kappa shape index (κ3) is 4.73. The zero-order chi connectivity index (χ0) is 22.2. The Morgan fingerprint density at radius 1 is 0.767 bits per heavy atom. The van der Waals surface area contributed by atoms with Gasteiger partial charge in [-0.25, -0.2) is 25.3 Å². The first-order valence-corrected chi connectivity index (χ1v) is 14.6. The molecule has 2 heterocycles. The molecule has 9 nitrogen and oxygen atoms in total. The van der Waals surface area contributed by atoms with Crippen LogP contribution in [0.2, 0.25) is 0 Å². The molecule has 0 radical (unpaired) electrons. The molecule has 1 atom stereocenters. The second kappa shape index (κ2) is 8.83. The number of rotatable bonds is 6. The molecule has 0 spiro atoms. The second-order valence-electron chi connectivity index (χ2n) is 7.79. The minimum Gasteiger partial charge on any atom is -0.212 e. The Morgan fingerprint density at radius 2 is 1.23 bits per heavy atom. The standard InChI is InChI=1S/C18H29N3O6S3/c1-3-28(22,23)19-11-13-20(14-12-19)29(24,25)17-6-8-18(9-7-17)30(26,27)21-10-4-5-16(2)15-21/h6-9,16H,3-5,10-15H2,1-2H3/t16-/m0/s1. The highest BCUT2D eigenvalue weighted by Gasteiger charge is 2.33. The lowest BCUT2D eigenvalue weighted by Gasteiger charge is -2.33. The van der Waals surface area contributed by atoms with E-state index in [0.29, 0.717) is 19.0 Å². The molecule has 1 aromatic rings. The fourth-order valence-electron chi connectivity index (χ4n) is 3.82. The van der Waals surface area contributed by atoms with Crippen molar-refractivity contribution in [3.63, 3.8) is 0 Å². The maximum absolute atomic E-state index is 12.9. The molecule has 3 rings (SSSR count). The van der Waals surface area contributed by atoms with E-state index in [-0.39, 0.29) is 41.7 Å². The third-order valence-corrected chi connectivity index (χ3v) is 11.3. The van der Waals surface area contributed by atoms with Gasteiger partial charge in [-0.2, -0.15) is 12.9 Å². The Morgan fingerprint density at radius 3 is 1.70 bits per heavy atom. The summed E-state index contributed by atoms with van der Waals surface area (Å²) in [6.07, 6.45) is 1.81. The van der Waals surface area contributed by atoms with E-state index in [0.717, 1.165) is 12.8 Å². The van der Waals surface area contributed by atoms with Crippen molar-refractivity contribution in [1.29, 1.82) is 0 Å². The Bertz CT molecular complexity index is 1060. The van der Waals surface area contributed by atoms with E-state index >= 15 is 0 Å². The van der Waals surface area contributed by atoms with Gasteiger partial charge in [0.2, 0.25) is 30.1 Å². The van der Waals surface area contributed by atoms with E-state index in [9.17, 15) is 25.3 Å². The Labute approximate surface area is 179 Å². The molecule has 170 valence electrons. The van der Waals surface area contributed by atoms with Crippen molar-refractivity contribution >= 4 is 30.1 Å². The number of benzene rings is 1.